The fourth-order valence-corrected chi connectivity index (χ4v) is 0.740. The third-order valence-corrected chi connectivity index (χ3v) is 1.71. The van der Waals surface area contributed by atoms with Crippen molar-refractivity contribution in [2.45, 2.75) is 20.0 Å². The molecule has 0 aromatic rings. The average molecular weight is 142 g/mol. The first-order valence-corrected chi connectivity index (χ1v) is 3.18. The van der Waals surface area contributed by atoms with Crippen molar-refractivity contribution in [2.24, 2.45) is 5.92 Å². The highest BCUT2D eigenvalue weighted by atomic mass is 16.7. The molecule has 3 heteroatoms. The molecular weight excluding hydrogens is 132 g/mol. The maximum absolute atomic E-state index is 10.5. The third kappa shape index (κ3) is 1.12. The summed E-state index contributed by atoms with van der Waals surface area (Å²) in [5, 5.41) is 0. The molecule has 56 valence electrons. The topological polar surface area (TPSA) is 35.5 Å². The molecule has 0 saturated carbocycles. The zero-order chi connectivity index (χ0) is 7.72. The SMILES string of the molecule is C=C1OC(=O)OC(C)C1C. The van der Waals surface area contributed by atoms with Gasteiger partial charge in [0.05, 0.1) is 5.92 Å². The molecule has 1 rings (SSSR count). The summed E-state index contributed by atoms with van der Waals surface area (Å²) in [6, 6.07) is 0. The Morgan fingerprint density at radius 3 is 2.60 bits per heavy atom. The molecule has 0 N–H and O–H groups in total. The molecule has 0 radical (unpaired) electrons. The predicted octanol–water partition coefficient (Wildman–Crippen LogP) is 1.69. The van der Waals surface area contributed by atoms with E-state index >= 15 is 0 Å². The second-order valence-corrected chi connectivity index (χ2v) is 2.43. The Morgan fingerprint density at radius 2 is 2.10 bits per heavy atom. The van der Waals surface area contributed by atoms with E-state index in [0.29, 0.717) is 5.76 Å². The van der Waals surface area contributed by atoms with Crippen LogP contribution in [0.2, 0.25) is 0 Å². The normalized spacial score (nSPS) is 33.0. The second kappa shape index (κ2) is 2.33. The largest absolute Gasteiger partial charge is 0.513 e. The van der Waals surface area contributed by atoms with Gasteiger partial charge in [0.2, 0.25) is 0 Å². The Balaban J connectivity index is 2.66. The van der Waals surface area contributed by atoms with Crippen molar-refractivity contribution in [1.82, 2.24) is 0 Å². The van der Waals surface area contributed by atoms with Gasteiger partial charge in [0.25, 0.3) is 0 Å². The van der Waals surface area contributed by atoms with Crippen molar-refractivity contribution < 1.29 is 14.3 Å². The Labute approximate surface area is 59.6 Å². The van der Waals surface area contributed by atoms with Crippen LogP contribution in [0.15, 0.2) is 12.3 Å². The van der Waals surface area contributed by atoms with Gasteiger partial charge in [-0.15, -0.1) is 0 Å². The molecule has 2 atom stereocenters. The van der Waals surface area contributed by atoms with Gasteiger partial charge in [0, 0.05) is 0 Å². The van der Waals surface area contributed by atoms with Crippen LogP contribution in [-0.4, -0.2) is 12.3 Å². The molecule has 1 aliphatic rings. The van der Waals surface area contributed by atoms with Crippen molar-refractivity contribution in [3.8, 4) is 0 Å². The Bertz CT molecular complexity index is 174. The van der Waals surface area contributed by atoms with Gasteiger partial charge in [-0.1, -0.05) is 13.5 Å². The van der Waals surface area contributed by atoms with Crippen LogP contribution in [-0.2, 0) is 9.47 Å². The monoisotopic (exact) mass is 142 g/mol. The van der Waals surface area contributed by atoms with Gasteiger partial charge in [-0.2, -0.15) is 0 Å². The van der Waals surface area contributed by atoms with Crippen LogP contribution in [0, 0.1) is 5.92 Å². The van der Waals surface area contributed by atoms with Crippen LogP contribution >= 0.6 is 0 Å². The predicted molar refractivity (Wildman–Crippen MR) is 35.3 cm³/mol. The van der Waals surface area contributed by atoms with E-state index in [-0.39, 0.29) is 12.0 Å². The van der Waals surface area contributed by atoms with E-state index in [4.69, 9.17) is 4.74 Å². The highest BCUT2D eigenvalue weighted by molar-refractivity contribution is 5.62. The first-order chi connectivity index (χ1) is 4.61. The number of hydrogen-bond donors (Lipinski definition) is 0. The maximum atomic E-state index is 10.5. The summed E-state index contributed by atoms with van der Waals surface area (Å²) >= 11 is 0. The van der Waals surface area contributed by atoms with Crippen molar-refractivity contribution in [2.75, 3.05) is 0 Å². The molecular formula is C7H10O3. The maximum Gasteiger partial charge on any atom is 0.513 e. The van der Waals surface area contributed by atoms with E-state index in [1.165, 1.54) is 0 Å². The van der Waals surface area contributed by atoms with Crippen molar-refractivity contribution in [3.63, 3.8) is 0 Å². The number of rotatable bonds is 0. The molecule has 0 aliphatic carbocycles. The second-order valence-electron chi connectivity index (χ2n) is 2.43. The zero-order valence-electron chi connectivity index (χ0n) is 6.09. The quantitative estimate of drug-likeness (QED) is 0.483. The molecule has 0 bridgehead atoms. The minimum absolute atomic E-state index is 0.0951. The van der Waals surface area contributed by atoms with E-state index in [2.05, 4.69) is 11.3 Å². The van der Waals surface area contributed by atoms with Crippen LogP contribution in [0.5, 0.6) is 0 Å². The summed E-state index contributed by atoms with van der Waals surface area (Å²) in [6.07, 6.45) is -0.760. The molecule has 1 fully saturated rings. The Kier molecular flexibility index (Phi) is 1.66. The molecule has 2 unspecified atom stereocenters. The molecule has 3 nitrogen and oxygen atoms in total. The van der Waals surface area contributed by atoms with Gasteiger partial charge in [-0.05, 0) is 6.92 Å². The number of carbonyl (C=O) groups excluding carboxylic acids is 1. The summed E-state index contributed by atoms with van der Waals surface area (Å²) in [5.41, 5.74) is 0. The molecule has 0 spiro atoms. The van der Waals surface area contributed by atoms with Gasteiger partial charge in [-0.3, -0.25) is 0 Å². The minimum Gasteiger partial charge on any atom is -0.430 e. The summed E-state index contributed by atoms with van der Waals surface area (Å²) in [4.78, 5) is 10.5. The van der Waals surface area contributed by atoms with Crippen molar-refractivity contribution >= 4 is 6.16 Å². The van der Waals surface area contributed by atoms with Crippen LogP contribution in [0.3, 0.4) is 0 Å². The van der Waals surface area contributed by atoms with E-state index in [9.17, 15) is 4.79 Å². The summed E-state index contributed by atoms with van der Waals surface area (Å²) in [6.45, 7) is 7.29. The summed E-state index contributed by atoms with van der Waals surface area (Å²) in [7, 11) is 0. The molecule has 0 aromatic carbocycles. The van der Waals surface area contributed by atoms with Crippen LogP contribution in [0.1, 0.15) is 13.8 Å². The van der Waals surface area contributed by atoms with Gasteiger partial charge in [0.15, 0.2) is 0 Å². The molecule has 0 aromatic heterocycles. The Morgan fingerprint density at radius 1 is 1.50 bits per heavy atom. The van der Waals surface area contributed by atoms with E-state index in [1.54, 1.807) is 0 Å². The molecule has 1 heterocycles. The van der Waals surface area contributed by atoms with Crippen LogP contribution in [0.4, 0.5) is 4.79 Å². The Hall–Kier alpha value is -0.990. The van der Waals surface area contributed by atoms with E-state index < -0.39 is 6.16 Å². The molecule has 1 aliphatic heterocycles. The fourth-order valence-electron chi connectivity index (χ4n) is 0.740. The molecule has 0 amide bonds. The van der Waals surface area contributed by atoms with Gasteiger partial charge in [-0.25, -0.2) is 4.79 Å². The molecule has 1 saturated heterocycles. The third-order valence-electron chi connectivity index (χ3n) is 1.71. The van der Waals surface area contributed by atoms with Gasteiger partial charge in [0.1, 0.15) is 11.9 Å². The summed E-state index contributed by atoms with van der Waals surface area (Å²) < 4.78 is 9.36. The average Bonchev–Trinajstić information content (AvgIpc) is 1.82. The summed E-state index contributed by atoms with van der Waals surface area (Å²) in [5.74, 6) is 0.585. The lowest BCUT2D eigenvalue weighted by Crippen LogP contribution is -2.30. The number of ether oxygens (including phenoxy) is 2. The fraction of sp³-hybridized carbons (Fsp3) is 0.571. The van der Waals surface area contributed by atoms with Gasteiger partial charge < -0.3 is 9.47 Å². The smallest absolute Gasteiger partial charge is 0.430 e. The first-order valence-electron chi connectivity index (χ1n) is 3.18. The molecule has 10 heavy (non-hydrogen) atoms. The van der Waals surface area contributed by atoms with Crippen LogP contribution < -0.4 is 0 Å². The lowest BCUT2D eigenvalue weighted by atomic mass is 10.0. The number of cyclic esters (lactones) is 2. The number of carbonyl (C=O) groups is 1. The van der Waals surface area contributed by atoms with Crippen molar-refractivity contribution in [3.05, 3.63) is 12.3 Å². The van der Waals surface area contributed by atoms with E-state index in [0.717, 1.165) is 0 Å². The van der Waals surface area contributed by atoms with Crippen molar-refractivity contribution in [1.29, 1.82) is 0 Å². The highest BCUT2D eigenvalue weighted by Crippen LogP contribution is 2.22. The highest BCUT2D eigenvalue weighted by Gasteiger charge is 2.28. The van der Waals surface area contributed by atoms with Gasteiger partial charge >= 0.3 is 6.16 Å². The lowest BCUT2D eigenvalue weighted by Gasteiger charge is -2.26. The first kappa shape index (κ1) is 7.12. The van der Waals surface area contributed by atoms with Crippen LogP contribution in [0.25, 0.3) is 0 Å². The lowest BCUT2D eigenvalue weighted by molar-refractivity contribution is -0.0126. The number of hydrogen-bond acceptors (Lipinski definition) is 3. The van der Waals surface area contributed by atoms with E-state index in [1.807, 2.05) is 13.8 Å². The minimum atomic E-state index is -0.643. The zero-order valence-corrected chi connectivity index (χ0v) is 6.09. The standard InChI is InChI=1S/C7H10O3/c1-4-5(2)9-7(8)10-6(4)3/h4,6H,2H2,1,3H3.